The summed E-state index contributed by atoms with van der Waals surface area (Å²) in [6.45, 7) is 1.94. The van der Waals surface area contributed by atoms with Gasteiger partial charge in [-0.2, -0.15) is 5.10 Å². The Morgan fingerprint density at radius 1 is 1.79 bits per heavy atom. The molecule has 78 valence electrons. The van der Waals surface area contributed by atoms with Gasteiger partial charge in [0.05, 0.1) is 18.0 Å². The van der Waals surface area contributed by atoms with Gasteiger partial charge in [0.1, 0.15) is 0 Å². The maximum absolute atomic E-state index is 11.3. The van der Waals surface area contributed by atoms with E-state index < -0.39 is 0 Å². The zero-order valence-corrected chi connectivity index (χ0v) is 8.41. The summed E-state index contributed by atoms with van der Waals surface area (Å²) in [6, 6.07) is 0. The molecular weight excluding hydrogens is 182 g/mol. The van der Waals surface area contributed by atoms with E-state index in [2.05, 4.69) is 15.5 Å². The molecule has 0 aliphatic heterocycles. The third kappa shape index (κ3) is 3.57. The molecule has 1 heterocycles. The molecule has 0 bridgehead atoms. The highest BCUT2D eigenvalue weighted by Crippen LogP contribution is 2.05. The van der Waals surface area contributed by atoms with Gasteiger partial charge in [0.2, 0.25) is 5.91 Å². The van der Waals surface area contributed by atoms with E-state index in [9.17, 15) is 4.79 Å². The van der Waals surface area contributed by atoms with Crippen molar-refractivity contribution in [1.29, 1.82) is 0 Å². The number of ether oxygens (including phenoxy) is 1. The summed E-state index contributed by atoms with van der Waals surface area (Å²) >= 11 is 0. The zero-order valence-electron chi connectivity index (χ0n) is 8.41. The fraction of sp³-hybridized carbons (Fsp3) is 0.556. The molecule has 1 amide bonds. The number of hydrogen-bond acceptors (Lipinski definition) is 3. The van der Waals surface area contributed by atoms with Crippen LogP contribution in [-0.4, -0.2) is 29.3 Å². The Kier molecular flexibility index (Phi) is 4.12. The Balaban J connectivity index is 2.23. The minimum Gasteiger partial charge on any atom is -0.382 e. The van der Waals surface area contributed by atoms with E-state index in [1.54, 1.807) is 19.5 Å². The number of anilines is 1. The molecular formula is C9H15N3O2. The lowest BCUT2D eigenvalue weighted by Gasteiger charge is -2.08. The van der Waals surface area contributed by atoms with Gasteiger partial charge in [0.15, 0.2) is 0 Å². The van der Waals surface area contributed by atoms with Crippen LogP contribution in [0, 0.1) is 0 Å². The van der Waals surface area contributed by atoms with Crippen molar-refractivity contribution in [1.82, 2.24) is 10.2 Å². The van der Waals surface area contributed by atoms with Gasteiger partial charge in [-0.3, -0.25) is 9.89 Å². The molecule has 2 N–H and O–H groups in total. The Hall–Kier alpha value is -1.36. The highest BCUT2D eigenvalue weighted by atomic mass is 16.5. The normalized spacial score (nSPS) is 12.4. The quantitative estimate of drug-likeness (QED) is 0.744. The number of aromatic amines is 1. The Labute approximate surface area is 82.8 Å². The van der Waals surface area contributed by atoms with Gasteiger partial charge < -0.3 is 10.1 Å². The van der Waals surface area contributed by atoms with Crippen LogP contribution in [0.3, 0.4) is 0 Å². The predicted octanol–water partition coefficient (Wildman–Crippen LogP) is 1.16. The fourth-order valence-electron chi connectivity index (χ4n) is 0.995. The Morgan fingerprint density at radius 3 is 3.14 bits per heavy atom. The molecule has 0 radical (unpaired) electrons. The predicted molar refractivity (Wildman–Crippen MR) is 52.9 cm³/mol. The van der Waals surface area contributed by atoms with Crippen LogP contribution in [0.25, 0.3) is 0 Å². The minimum atomic E-state index is -0.0182. The summed E-state index contributed by atoms with van der Waals surface area (Å²) in [6.07, 6.45) is 4.50. The number of H-pyrrole nitrogens is 1. The minimum absolute atomic E-state index is 0.0182. The monoisotopic (exact) mass is 197 g/mol. The second kappa shape index (κ2) is 5.39. The summed E-state index contributed by atoms with van der Waals surface area (Å²) in [5, 5.41) is 9.06. The second-order valence-corrected chi connectivity index (χ2v) is 3.12. The van der Waals surface area contributed by atoms with Gasteiger partial charge in [-0.1, -0.05) is 0 Å². The first-order valence-corrected chi connectivity index (χ1v) is 4.54. The molecule has 1 unspecified atom stereocenters. The van der Waals surface area contributed by atoms with Gasteiger partial charge in [-0.25, -0.2) is 0 Å². The smallest absolute Gasteiger partial charge is 0.224 e. The maximum Gasteiger partial charge on any atom is 0.224 e. The lowest BCUT2D eigenvalue weighted by molar-refractivity contribution is -0.116. The molecule has 0 saturated heterocycles. The van der Waals surface area contributed by atoms with Crippen LogP contribution in [0.2, 0.25) is 0 Å². The summed E-state index contributed by atoms with van der Waals surface area (Å²) < 4.78 is 5.04. The van der Waals surface area contributed by atoms with Crippen LogP contribution in [0.5, 0.6) is 0 Å². The molecule has 5 heteroatoms. The number of hydrogen-bond donors (Lipinski definition) is 2. The van der Waals surface area contributed by atoms with Crippen LogP contribution in [0.1, 0.15) is 19.8 Å². The van der Waals surface area contributed by atoms with Gasteiger partial charge in [0, 0.05) is 19.7 Å². The zero-order chi connectivity index (χ0) is 10.4. The van der Waals surface area contributed by atoms with Crippen molar-refractivity contribution in [3.63, 3.8) is 0 Å². The van der Waals surface area contributed by atoms with E-state index in [4.69, 9.17) is 4.74 Å². The lowest BCUT2D eigenvalue weighted by atomic mass is 10.2. The number of nitrogens with one attached hydrogen (secondary N) is 2. The van der Waals surface area contributed by atoms with Crippen molar-refractivity contribution in [3.05, 3.63) is 12.4 Å². The first-order chi connectivity index (χ1) is 6.72. The average molecular weight is 197 g/mol. The second-order valence-electron chi connectivity index (χ2n) is 3.12. The summed E-state index contributed by atoms with van der Waals surface area (Å²) in [5.74, 6) is -0.0182. The largest absolute Gasteiger partial charge is 0.382 e. The van der Waals surface area contributed by atoms with Gasteiger partial charge in [0.25, 0.3) is 0 Å². The lowest BCUT2D eigenvalue weighted by Crippen LogP contribution is -2.14. The highest BCUT2D eigenvalue weighted by Gasteiger charge is 2.06. The van der Waals surface area contributed by atoms with Crippen LogP contribution < -0.4 is 5.32 Å². The van der Waals surface area contributed by atoms with Crippen LogP contribution >= 0.6 is 0 Å². The van der Waals surface area contributed by atoms with E-state index in [0.29, 0.717) is 12.1 Å². The van der Waals surface area contributed by atoms with E-state index in [-0.39, 0.29) is 12.0 Å². The van der Waals surface area contributed by atoms with E-state index in [1.165, 1.54) is 0 Å². The number of amides is 1. The van der Waals surface area contributed by atoms with Crippen molar-refractivity contribution < 1.29 is 9.53 Å². The first-order valence-electron chi connectivity index (χ1n) is 4.54. The van der Waals surface area contributed by atoms with Crippen LogP contribution in [-0.2, 0) is 9.53 Å². The molecule has 0 aromatic carbocycles. The van der Waals surface area contributed by atoms with E-state index >= 15 is 0 Å². The molecule has 1 atom stereocenters. The number of rotatable bonds is 5. The molecule has 0 spiro atoms. The van der Waals surface area contributed by atoms with Crippen LogP contribution in [0.4, 0.5) is 5.69 Å². The Bertz CT molecular complexity index is 272. The topological polar surface area (TPSA) is 67.0 Å². The molecule has 0 fully saturated rings. The highest BCUT2D eigenvalue weighted by molar-refractivity contribution is 5.90. The third-order valence-corrected chi connectivity index (χ3v) is 1.96. The SMILES string of the molecule is COC(C)CCC(=O)Nc1cn[nH]c1. The van der Waals surface area contributed by atoms with Crippen molar-refractivity contribution in [2.75, 3.05) is 12.4 Å². The van der Waals surface area contributed by atoms with E-state index in [1.807, 2.05) is 6.92 Å². The summed E-state index contributed by atoms with van der Waals surface area (Å²) in [4.78, 5) is 11.3. The maximum atomic E-state index is 11.3. The van der Waals surface area contributed by atoms with Crippen molar-refractivity contribution in [2.24, 2.45) is 0 Å². The van der Waals surface area contributed by atoms with Gasteiger partial charge >= 0.3 is 0 Å². The van der Waals surface area contributed by atoms with Crippen molar-refractivity contribution in [2.45, 2.75) is 25.9 Å². The molecule has 0 aliphatic carbocycles. The van der Waals surface area contributed by atoms with Crippen molar-refractivity contribution in [3.8, 4) is 0 Å². The number of methoxy groups -OCH3 is 1. The van der Waals surface area contributed by atoms with E-state index in [0.717, 1.165) is 6.42 Å². The molecule has 5 nitrogen and oxygen atoms in total. The molecule has 1 aromatic rings. The summed E-state index contributed by atoms with van der Waals surface area (Å²) in [5.41, 5.74) is 0.695. The number of nitrogens with zero attached hydrogens (tertiary/aromatic N) is 1. The Morgan fingerprint density at radius 2 is 2.57 bits per heavy atom. The standard InChI is InChI=1S/C9H15N3O2/c1-7(14-2)3-4-9(13)12-8-5-10-11-6-8/h5-7H,3-4H2,1-2H3,(H,10,11)(H,12,13). The molecule has 0 aliphatic rings. The fourth-order valence-corrected chi connectivity index (χ4v) is 0.995. The first kappa shape index (κ1) is 10.7. The van der Waals surface area contributed by atoms with Gasteiger partial charge in [-0.15, -0.1) is 0 Å². The number of carbonyl (C=O) groups excluding carboxylic acids is 1. The average Bonchev–Trinajstić information content (AvgIpc) is 2.66. The molecule has 1 aromatic heterocycles. The van der Waals surface area contributed by atoms with Crippen molar-refractivity contribution >= 4 is 11.6 Å². The number of aromatic nitrogens is 2. The molecule has 0 saturated carbocycles. The molecule has 14 heavy (non-hydrogen) atoms. The van der Waals surface area contributed by atoms with Gasteiger partial charge in [-0.05, 0) is 13.3 Å². The number of carbonyl (C=O) groups is 1. The van der Waals surface area contributed by atoms with Crippen LogP contribution in [0.15, 0.2) is 12.4 Å². The third-order valence-electron chi connectivity index (χ3n) is 1.96. The molecule has 1 rings (SSSR count). The summed E-state index contributed by atoms with van der Waals surface area (Å²) in [7, 11) is 1.64.